The Kier molecular flexibility index (Phi) is 6.12. The van der Waals surface area contributed by atoms with Crippen molar-refractivity contribution in [1.29, 1.82) is 0 Å². The summed E-state index contributed by atoms with van der Waals surface area (Å²) in [6.07, 6.45) is 11.7. The molecular formula is C28H48O2. The smallest absolute Gasteiger partial charge is 0.305 e. The zero-order valence-electron chi connectivity index (χ0n) is 20.9. The van der Waals surface area contributed by atoms with Crippen LogP contribution in [0.5, 0.6) is 0 Å². The lowest BCUT2D eigenvalue weighted by Gasteiger charge is -2.65. The predicted molar refractivity (Wildman–Crippen MR) is 124 cm³/mol. The number of esters is 1. The van der Waals surface area contributed by atoms with Crippen LogP contribution in [0.3, 0.4) is 0 Å². The summed E-state index contributed by atoms with van der Waals surface area (Å²) >= 11 is 0. The summed E-state index contributed by atoms with van der Waals surface area (Å²) in [6, 6.07) is 0. The second kappa shape index (κ2) is 8.11. The molecule has 0 radical (unpaired) electrons. The van der Waals surface area contributed by atoms with E-state index in [2.05, 4.69) is 41.5 Å². The van der Waals surface area contributed by atoms with Gasteiger partial charge in [-0.2, -0.15) is 0 Å². The third-order valence-electron chi connectivity index (χ3n) is 11.7. The second-order valence-electron chi connectivity index (χ2n) is 12.9. The molecular weight excluding hydrogens is 368 g/mol. The molecule has 2 heteroatoms. The maximum absolute atomic E-state index is 11.8. The molecule has 0 aromatic carbocycles. The van der Waals surface area contributed by atoms with Crippen LogP contribution in [-0.2, 0) is 9.53 Å². The summed E-state index contributed by atoms with van der Waals surface area (Å²) in [5.41, 5.74) is 1.05. The third kappa shape index (κ3) is 3.38. The van der Waals surface area contributed by atoms with Crippen molar-refractivity contribution in [2.45, 2.75) is 99.3 Å². The van der Waals surface area contributed by atoms with Crippen molar-refractivity contribution in [2.75, 3.05) is 7.11 Å². The van der Waals surface area contributed by atoms with Gasteiger partial charge >= 0.3 is 5.97 Å². The van der Waals surface area contributed by atoms with E-state index >= 15 is 0 Å². The Morgan fingerprint density at radius 1 is 1.03 bits per heavy atom. The Hall–Kier alpha value is -0.530. The molecule has 0 N–H and O–H groups in total. The summed E-state index contributed by atoms with van der Waals surface area (Å²) in [4.78, 5) is 11.8. The van der Waals surface area contributed by atoms with Gasteiger partial charge in [-0.3, -0.25) is 4.79 Å². The molecule has 4 aliphatic carbocycles. The van der Waals surface area contributed by atoms with Crippen LogP contribution in [0, 0.1) is 64.1 Å². The highest BCUT2D eigenvalue weighted by Crippen LogP contribution is 2.71. The fraction of sp³-hybridized carbons (Fsp3) is 0.964. The van der Waals surface area contributed by atoms with Crippen LogP contribution in [0.15, 0.2) is 0 Å². The molecule has 0 heterocycles. The second-order valence-corrected chi connectivity index (χ2v) is 12.9. The standard InChI is InChI=1S/C28H48O2/c1-17-12-13-27(5)21(14-17)15-19(3)26-23-10-9-22(18(2)8-11-25(29)30-7)28(23,6)20(4)16-24(26)27/h17-24,26H,8-16H2,1-7H3/t17-,18?,19-,20+,21?,22?,23?,24?,26?,27+,28-/m1/s1. The molecule has 4 aliphatic rings. The fourth-order valence-corrected chi connectivity index (χ4v) is 9.81. The molecule has 4 rings (SSSR count). The van der Waals surface area contributed by atoms with Crippen molar-refractivity contribution in [3.05, 3.63) is 0 Å². The molecule has 6 unspecified atom stereocenters. The van der Waals surface area contributed by atoms with Crippen LogP contribution in [0.4, 0.5) is 0 Å². The first-order valence-corrected chi connectivity index (χ1v) is 13.2. The first-order chi connectivity index (χ1) is 14.1. The largest absolute Gasteiger partial charge is 0.469 e. The van der Waals surface area contributed by atoms with Gasteiger partial charge in [-0.15, -0.1) is 0 Å². The van der Waals surface area contributed by atoms with E-state index in [-0.39, 0.29) is 5.97 Å². The number of hydrogen-bond acceptors (Lipinski definition) is 2. The zero-order valence-corrected chi connectivity index (χ0v) is 20.9. The van der Waals surface area contributed by atoms with E-state index in [0.717, 1.165) is 53.8 Å². The number of rotatable bonds is 4. The average Bonchev–Trinajstić information content (AvgIpc) is 3.06. The van der Waals surface area contributed by atoms with E-state index in [9.17, 15) is 4.79 Å². The van der Waals surface area contributed by atoms with Crippen LogP contribution in [-0.4, -0.2) is 13.1 Å². The van der Waals surface area contributed by atoms with Gasteiger partial charge in [0.05, 0.1) is 7.11 Å². The minimum absolute atomic E-state index is 0.0373. The van der Waals surface area contributed by atoms with E-state index in [1.807, 2.05) is 0 Å². The molecule has 0 aliphatic heterocycles. The monoisotopic (exact) mass is 416 g/mol. The Morgan fingerprint density at radius 2 is 1.77 bits per heavy atom. The van der Waals surface area contributed by atoms with Crippen molar-refractivity contribution in [2.24, 2.45) is 64.1 Å². The molecule has 172 valence electrons. The molecule has 2 nitrogen and oxygen atoms in total. The minimum atomic E-state index is -0.0373. The lowest BCUT2D eigenvalue weighted by atomic mass is 9.40. The number of hydrogen-bond donors (Lipinski definition) is 0. The van der Waals surface area contributed by atoms with Gasteiger partial charge in [0.25, 0.3) is 0 Å². The van der Waals surface area contributed by atoms with Crippen molar-refractivity contribution >= 4 is 5.97 Å². The molecule has 11 atom stereocenters. The van der Waals surface area contributed by atoms with E-state index in [1.165, 1.54) is 52.1 Å². The minimum Gasteiger partial charge on any atom is -0.469 e. The molecule has 30 heavy (non-hydrogen) atoms. The van der Waals surface area contributed by atoms with Crippen LogP contribution in [0.1, 0.15) is 99.3 Å². The zero-order chi connectivity index (χ0) is 21.8. The highest BCUT2D eigenvalue weighted by Gasteiger charge is 2.64. The molecule has 0 aromatic heterocycles. The lowest BCUT2D eigenvalue weighted by Crippen LogP contribution is -2.58. The normalized spacial score (nSPS) is 51.4. The number of methoxy groups -OCH3 is 1. The van der Waals surface area contributed by atoms with Crippen molar-refractivity contribution in [3.63, 3.8) is 0 Å². The van der Waals surface area contributed by atoms with Crippen LogP contribution >= 0.6 is 0 Å². The van der Waals surface area contributed by atoms with Crippen molar-refractivity contribution in [1.82, 2.24) is 0 Å². The van der Waals surface area contributed by atoms with Crippen LogP contribution in [0.25, 0.3) is 0 Å². The maximum atomic E-state index is 11.8. The molecule has 0 spiro atoms. The van der Waals surface area contributed by atoms with Gasteiger partial charge in [0.2, 0.25) is 0 Å². The fourth-order valence-electron chi connectivity index (χ4n) is 9.81. The topological polar surface area (TPSA) is 26.3 Å². The molecule has 0 bridgehead atoms. The summed E-state index contributed by atoms with van der Waals surface area (Å²) in [7, 11) is 1.52. The van der Waals surface area contributed by atoms with Gasteiger partial charge in [0, 0.05) is 6.42 Å². The van der Waals surface area contributed by atoms with Gasteiger partial charge in [-0.25, -0.2) is 0 Å². The number of ether oxygens (including phenoxy) is 1. The SMILES string of the molecule is COC(=O)CCC(C)C1CCC2C3C(C[C@H](C)[C@]12C)[C@@]1(C)CC[C@@H](C)CC1C[C@H]3C. The van der Waals surface area contributed by atoms with Gasteiger partial charge in [-0.1, -0.05) is 48.0 Å². The summed E-state index contributed by atoms with van der Waals surface area (Å²) in [6.45, 7) is 15.5. The van der Waals surface area contributed by atoms with E-state index in [0.29, 0.717) is 23.2 Å². The summed E-state index contributed by atoms with van der Waals surface area (Å²) < 4.78 is 4.93. The van der Waals surface area contributed by atoms with Crippen LogP contribution < -0.4 is 0 Å². The Balaban J connectivity index is 1.58. The van der Waals surface area contributed by atoms with E-state index in [4.69, 9.17) is 4.74 Å². The number of fused-ring (bicyclic) bond motifs is 5. The first kappa shape index (κ1) is 22.7. The molecule has 4 saturated carbocycles. The number of carbonyl (C=O) groups is 1. The van der Waals surface area contributed by atoms with Gasteiger partial charge in [-0.05, 0) is 109 Å². The summed E-state index contributed by atoms with van der Waals surface area (Å²) in [5.74, 6) is 7.71. The predicted octanol–water partition coefficient (Wildman–Crippen LogP) is 7.36. The lowest BCUT2D eigenvalue weighted by molar-refractivity contribution is -0.163. The van der Waals surface area contributed by atoms with Crippen molar-refractivity contribution in [3.8, 4) is 0 Å². The first-order valence-electron chi connectivity index (χ1n) is 13.2. The maximum Gasteiger partial charge on any atom is 0.305 e. The Morgan fingerprint density at radius 3 is 2.47 bits per heavy atom. The third-order valence-corrected chi connectivity index (χ3v) is 11.7. The summed E-state index contributed by atoms with van der Waals surface area (Å²) in [5, 5.41) is 0. The van der Waals surface area contributed by atoms with Gasteiger partial charge in [0.1, 0.15) is 0 Å². The quantitative estimate of drug-likeness (QED) is 0.447. The van der Waals surface area contributed by atoms with Gasteiger partial charge in [0.15, 0.2) is 0 Å². The Bertz CT molecular complexity index is 643. The van der Waals surface area contributed by atoms with Gasteiger partial charge < -0.3 is 4.74 Å². The average molecular weight is 417 g/mol. The molecule has 0 amide bonds. The molecule has 0 saturated heterocycles. The Labute approximate surface area is 186 Å². The molecule has 4 fully saturated rings. The van der Waals surface area contributed by atoms with E-state index in [1.54, 1.807) is 0 Å². The molecule has 0 aromatic rings. The highest BCUT2D eigenvalue weighted by molar-refractivity contribution is 5.69. The van der Waals surface area contributed by atoms with Crippen molar-refractivity contribution < 1.29 is 9.53 Å². The highest BCUT2D eigenvalue weighted by atomic mass is 16.5. The number of carbonyl (C=O) groups excluding carboxylic acids is 1. The van der Waals surface area contributed by atoms with E-state index < -0.39 is 0 Å². The van der Waals surface area contributed by atoms with Crippen LogP contribution in [0.2, 0.25) is 0 Å².